The smallest absolute Gasteiger partial charge is 0.151 e. The predicted octanol–water partition coefficient (Wildman–Crippen LogP) is 2.40. The van der Waals surface area contributed by atoms with Crippen LogP contribution in [0.15, 0.2) is 0 Å². The molecule has 120 valence electrons. The van der Waals surface area contributed by atoms with Crippen LogP contribution >= 0.6 is 72.3 Å². The van der Waals surface area contributed by atoms with Gasteiger partial charge in [-0.3, -0.25) is 5.41 Å². The van der Waals surface area contributed by atoms with Crippen molar-refractivity contribution in [2.24, 2.45) is 5.73 Å². The Bertz CT molecular complexity index is 247. The highest BCUT2D eigenvalue weighted by Gasteiger charge is 2.17. The quantitative estimate of drug-likeness (QED) is 0.143. The Labute approximate surface area is 150 Å². The van der Waals surface area contributed by atoms with Gasteiger partial charge in [0.2, 0.25) is 0 Å². The molecule has 0 saturated carbocycles. The fourth-order valence-corrected chi connectivity index (χ4v) is 6.56. The second kappa shape index (κ2) is 15.4. The van der Waals surface area contributed by atoms with E-state index in [2.05, 4.69) is 25.3 Å². The molecule has 0 aliphatic heterocycles. The molecule has 0 rings (SSSR count). The van der Waals surface area contributed by atoms with Gasteiger partial charge in [-0.1, -0.05) is 11.8 Å². The van der Waals surface area contributed by atoms with Gasteiger partial charge < -0.3 is 10.8 Å². The van der Waals surface area contributed by atoms with Crippen molar-refractivity contribution < 1.29 is 5.11 Å². The van der Waals surface area contributed by atoms with Crippen LogP contribution in [0.2, 0.25) is 0 Å². The van der Waals surface area contributed by atoms with E-state index >= 15 is 0 Å². The molecule has 0 radical (unpaired) electrons. The van der Waals surface area contributed by atoms with Gasteiger partial charge >= 0.3 is 0 Å². The Morgan fingerprint density at radius 2 is 1.75 bits per heavy atom. The Morgan fingerprint density at radius 1 is 1.10 bits per heavy atom. The molecule has 3 nitrogen and oxygen atoms in total. The minimum Gasteiger partial charge on any atom is -0.396 e. The van der Waals surface area contributed by atoms with Crippen molar-refractivity contribution in [2.45, 2.75) is 10.5 Å². The van der Waals surface area contributed by atoms with Gasteiger partial charge in [0.05, 0.1) is 6.61 Å². The lowest BCUT2D eigenvalue weighted by Crippen LogP contribution is -2.21. The van der Waals surface area contributed by atoms with E-state index in [1.165, 1.54) is 11.8 Å². The van der Waals surface area contributed by atoms with Crippen LogP contribution in [-0.4, -0.2) is 67.7 Å². The predicted molar refractivity (Wildman–Crippen MR) is 109 cm³/mol. The van der Waals surface area contributed by atoms with Crippen molar-refractivity contribution in [3.05, 3.63) is 0 Å². The Balaban J connectivity index is 4.15. The van der Waals surface area contributed by atoms with E-state index in [0.717, 1.165) is 40.3 Å². The van der Waals surface area contributed by atoms with Crippen molar-refractivity contribution in [2.75, 3.05) is 46.9 Å². The Kier molecular flexibility index (Phi) is 16.6. The summed E-state index contributed by atoms with van der Waals surface area (Å²) in [5, 5.41) is 17.3. The number of thioether (sulfide) groups is 4. The molecule has 0 saturated heterocycles. The summed E-state index contributed by atoms with van der Waals surface area (Å²) in [5.74, 6) is 6.50. The van der Waals surface area contributed by atoms with Gasteiger partial charge in [0.25, 0.3) is 0 Å². The second-order valence-electron chi connectivity index (χ2n) is 3.83. The van der Waals surface area contributed by atoms with Gasteiger partial charge in [0.1, 0.15) is 0 Å². The van der Waals surface area contributed by atoms with Gasteiger partial charge in [0.15, 0.2) is 5.17 Å². The van der Waals surface area contributed by atoms with Crippen molar-refractivity contribution in [1.82, 2.24) is 0 Å². The average Bonchev–Trinajstić information content (AvgIpc) is 2.43. The molecule has 0 aromatic rings. The number of aliphatic hydroxyl groups excluding tert-OH is 1. The van der Waals surface area contributed by atoms with Crippen LogP contribution in [0.25, 0.3) is 0 Å². The molecule has 0 heterocycles. The van der Waals surface area contributed by atoms with Gasteiger partial charge in [0, 0.05) is 45.0 Å². The largest absolute Gasteiger partial charge is 0.396 e. The molecule has 0 aromatic carbocycles. The zero-order valence-corrected chi connectivity index (χ0v) is 16.4. The summed E-state index contributed by atoms with van der Waals surface area (Å²) >= 11 is 15.7. The number of amidine groups is 1. The highest BCUT2D eigenvalue weighted by Crippen LogP contribution is 2.27. The molecule has 9 heteroatoms. The first kappa shape index (κ1) is 21.5. The Morgan fingerprint density at radius 3 is 2.30 bits per heavy atom. The molecule has 0 bridgehead atoms. The van der Waals surface area contributed by atoms with E-state index in [9.17, 15) is 0 Å². The average molecular weight is 393 g/mol. The van der Waals surface area contributed by atoms with E-state index in [1.54, 1.807) is 11.8 Å². The number of aliphatic hydroxyl groups is 1. The van der Waals surface area contributed by atoms with E-state index in [-0.39, 0.29) is 11.8 Å². The lowest BCUT2D eigenvalue weighted by molar-refractivity contribution is 0.322. The molecular weight excluding hydrogens is 369 g/mol. The number of nitrogens with one attached hydrogen (secondary N) is 1. The number of rotatable bonds is 13. The van der Waals surface area contributed by atoms with E-state index in [1.807, 2.05) is 23.5 Å². The molecule has 0 aromatic heterocycles. The fraction of sp³-hybridized carbons (Fsp3) is 0.909. The Hall–Kier alpha value is 1.53. The van der Waals surface area contributed by atoms with Gasteiger partial charge in [-0.05, 0) is 5.75 Å². The van der Waals surface area contributed by atoms with E-state index < -0.39 is 0 Å². The minimum atomic E-state index is 0.187. The maximum Gasteiger partial charge on any atom is 0.151 e. The van der Waals surface area contributed by atoms with Gasteiger partial charge in [-0.2, -0.15) is 60.5 Å². The molecule has 4 N–H and O–H groups in total. The summed E-state index contributed by atoms with van der Waals surface area (Å²) in [6.45, 7) is 0.232. The van der Waals surface area contributed by atoms with Crippen LogP contribution < -0.4 is 5.73 Å². The zero-order chi connectivity index (χ0) is 15.2. The van der Waals surface area contributed by atoms with Crippen LogP contribution in [0.3, 0.4) is 0 Å². The molecular formula is C11H24N2OS6. The first-order chi connectivity index (χ1) is 9.63. The zero-order valence-electron chi connectivity index (χ0n) is 11.4. The molecule has 0 aliphatic rings. The number of thiol groups is 2. The molecule has 2 unspecified atom stereocenters. The van der Waals surface area contributed by atoms with Crippen molar-refractivity contribution in [3.8, 4) is 0 Å². The molecule has 0 amide bonds. The maximum absolute atomic E-state index is 8.82. The van der Waals surface area contributed by atoms with Crippen LogP contribution in [0.4, 0.5) is 0 Å². The van der Waals surface area contributed by atoms with Gasteiger partial charge in [-0.25, -0.2) is 0 Å². The van der Waals surface area contributed by atoms with Gasteiger partial charge in [-0.15, -0.1) is 0 Å². The third kappa shape index (κ3) is 13.2. The lowest BCUT2D eigenvalue weighted by Gasteiger charge is -2.21. The van der Waals surface area contributed by atoms with Crippen LogP contribution in [0.1, 0.15) is 0 Å². The summed E-state index contributed by atoms with van der Waals surface area (Å²) in [4.78, 5) is 0. The van der Waals surface area contributed by atoms with Crippen LogP contribution in [0.5, 0.6) is 0 Å². The highest BCUT2D eigenvalue weighted by atomic mass is 32.2. The molecule has 0 aliphatic carbocycles. The molecule has 0 fully saturated rings. The third-order valence-electron chi connectivity index (χ3n) is 2.09. The molecule has 0 spiro atoms. The second-order valence-corrected chi connectivity index (χ2v) is 9.61. The summed E-state index contributed by atoms with van der Waals surface area (Å²) in [6, 6.07) is 0. The third-order valence-corrected chi connectivity index (χ3v) is 8.50. The summed E-state index contributed by atoms with van der Waals surface area (Å²) in [7, 11) is 0. The molecule has 20 heavy (non-hydrogen) atoms. The van der Waals surface area contributed by atoms with E-state index in [0.29, 0.717) is 10.5 Å². The monoisotopic (exact) mass is 392 g/mol. The van der Waals surface area contributed by atoms with Crippen molar-refractivity contribution in [3.63, 3.8) is 0 Å². The first-order valence-electron chi connectivity index (χ1n) is 6.24. The normalized spacial score (nSPS) is 14.2. The standard InChI is InChI=1S/C11H24N2OS6/c12-11(13)19-8-10(7-18-4-2-15)20-9(5-16)6-17-3-1-14/h9-10,14-16H,1-8H2,(H3,12,13). The fourth-order valence-electron chi connectivity index (χ4n) is 1.28. The SMILES string of the molecule is N=C(N)SCC(CSCCS)SC(CS)CSCCO. The summed E-state index contributed by atoms with van der Waals surface area (Å²) < 4.78 is 0. The minimum absolute atomic E-state index is 0.187. The van der Waals surface area contributed by atoms with Crippen molar-refractivity contribution >= 4 is 77.5 Å². The summed E-state index contributed by atoms with van der Waals surface area (Å²) in [5.41, 5.74) is 5.43. The topological polar surface area (TPSA) is 70.1 Å². The number of nitrogens with two attached hydrogens (primary N) is 1. The summed E-state index contributed by atoms with van der Waals surface area (Å²) in [6.07, 6.45) is 0. The molecule has 2 atom stereocenters. The van der Waals surface area contributed by atoms with E-state index in [4.69, 9.17) is 16.2 Å². The number of hydrogen-bond acceptors (Lipinski definition) is 8. The highest BCUT2D eigenvalue weighted by molar-refractivity contribution is 8.14. The lowest BCUT2D eigenvalue weighted by atomic mass is 10.5. The van der Waals surface area contributed by atoms with Crippen molar-refractivity contribution in [1.29, 1.82) is 5.41 Å². The first-order valence-corrected chi connectivity index (χ1v) is 11.7. The maximum atomic E-state index is 8.82. The van der Waals surface area contributed by atoms with Crippen LogP contribution in [-0.2, 0) is 0 Å². The number of hydrogen-bond donors (Lipinski definition) is 5. The van der Waals surface area contributed by atoms with Crippen LogP contribution in [0, 0.1) is 5.41 Å².